The molecule has 0 aliphatic heterocycles. The molecule has 0 radical (unpaired) electrons. The van der Waals surface area contributed by atoms with E-state index in [1.54, 1.807) is 13.2 Å². The Bertz CT molecular complexity index is 773. The molecule has 0 aliphatic carbocycles. The molecule has 2 rings (SSSR count). The fourth-order valence-corrected chi connectivity index (χ4v) is 2.61. The molecule has 2 N–H and O–H groups in total. The topological polar surface area (TPSA) is 80.6 Å². The van der Waals surface area contributed by atoms with Crippen LogP contribution in [0.25, 0.3) is 11.0 Å². The van der Waals surface area contributed by atoms with Crippen LogP contribution in [0.2, 0.25) is 0 Å². The van der Waals surface area contributed by atoms with E-state index in [0.717, 1.165) is 23.9 Å². The van der Waals surface area contributed by atoms with E-state index in [1.165, 1.54) is 0 Å². The largest absolute Gasteiger partial charge is 0.497 e. The molecule has 0 fully saturated rings. The lowest BCUT2D eigenvalue weighted by atomic mass is 10.0. The highest BCUT2D eigenvalue weighted by Crippen LogP contribution is 2.24. The lowest BCUT2D eigenvalue weighted by molar-refractivity contribution is -0.121. The minimum Gasteiger partial charge on any atom is -0.497 e. The van der Waals surface area contributed by atoms with Crippen molar-refractivity contribution in [2.45, 2.75) is 26.2 Å². The maximum atomic E-state index is 12.2. The van der Waals surface area contributed by atoms with Gasteiger partial charge in [0.2, 0.25) is 5.91 Å². The molecule has 0 atom stereocenters. The molecule has 0 unspecified atom stereocenters. The number of fused-ring (bicyclic) bond motifs is 1. The third-order valence-electron chi connectivity index (χ3n) is 4.02. The summed E-state index contributed by atoms with van der Waals surface area (Å²) in [4.78, 5) is 24.1. The molecule has 1 aromatic carbocycles. The number of carbonyl (C=O) groups is 1. The highest BCUT2D eigenvalue weighted by molar-refractivity contribution is 5.85. The van der Waals surface area contributed by atoms with Crippen LogP contribution in [0.4, 0.5) is 0 Å². The summed E-state index contributed by atoms with van der Waals surface area (Å²) in [6, 6.07) is 5.39. The molecule has 0 spiro atoms. The number of hydrogen-bond donors (Lipinski definition) is 2. The number of hydrogen-bond acceptors (Lipinski definition) is 5. The summed E-state index contributed by atoms with van der Waals surface area (Å²) < 4.78 is 10.5. The summed E-state index contributed by atoms with van der Waals surface area (Å²) in [5.74, 6) is 0.582. The van der Waals surface area contributed by atoms with E-state index in [0.29, 0.717) is 29.9 Å². The summed E-state index contributed by atoms with van der Waals surface area (Å²) in [5.41, 5.74) is 1.51. The molecule has 1 amide bonds. The first-order valence-electron chi connectivity index (χ1n) is 8.08. The first-order valence-corrected chi connectivity index (χ1v) is 8.08. The van der Waals surface area contributed by atoms with Gasteiger partial charge in [-0.05, 0) is 51.1 Å². The normalized spacial score (nSPS) is 10.4. The Kier molecular flexibility index (Phi) is 8.45. The molecule has 0 saturated heterocycles. The second kappa shape index (κ2) is 10.1. The van der Waals surface area contributed by atoms with Gasteiger partial charge in [-0.3, -0.25) is 4.79 Å². The Hall–Kier alpha value is -2.05. The molecule has 0 bridgehead atoms. The zero-order valence-electron chi connectivity index (χ0n) is 14.8. The Labute approximate surface area is 153 Å². The van der Waals surface area contributed by atoms with E-state index < -0.39 is 5.63 Å². The van der Waals surface area contributed by atoms with Crippen molar-refractivity contribution in [2.75, 3.05) is 27.2 Å². The fourth-order valence-electron chi connectivity index (χ4n) is 2.61. The quantitative estimate of drug-likeness (QED) is 0.551. The Morgan fingerprint density at radius 3 is 2.72 bits per heavy atom. The van der Waals surface area contributed by atoms with Gasteiger partial charge in [0.1, 0.15) is 11.3 Å². The number of amides is 1. The maximum Gasteiger partial charge on any atom is 0.339 e. The monoisotopic (exact) mass is 368 g/mol. The van der Waals surface area contributed by atoms with Crippen LogP contribution < -0.4 is 21.0 Å². The number of aryl methyl sites for hydroxylation is 1. The number of halogens is 1. The van der Waals surface area contributed by atoms with E-state index in [2.05, 4.69) is 10.6 Å². The molecule has 6 nitrogen and oxygen atoms in total. The molecule has 1 heterocycles. The first-order chi connectivity index (χ1) is 11.6. The van der Waals surface area contributed by atoms with Crippen molar-refractivity contribution in [1.29, 1.82) is 0 Å². The van der Waals surface area contributed by atoms with Gasteiger partial charge >= 0.3 is 5.63 Å². The molecule has 1 aromatic heterocycles. The van der Waals surface area contributed by atoms with Gasteiger partial charge in [0.15, 0.2) is 0 Å². The molecular weight excluding hydrogens is 344 g/mol. The van der Waals surface area contributed by atoms with E-state index in [1.807, 2.05) is 26.1 Å². The number of methoxy groups -OCH3 is 1. The smallest absolute Gasteiger partial charge is 0.339 e. The average Bonchev–Trinajstić information content (AvgIpc) is 2.58. The second-order valence-electron chi connectivity index (χ2n) is 5.66. The number of ether oxygens (including phenoxy) is 1. The summed E-state index contributed by atoms with van der Waals surface area (Å²) in [6.45, 7) is 3.37. The molecular formula is C18H25ClN2O4. The van der Waals surface area contributed by atoms with Crippen molar-refractivity contribution in [1.82, 2.24) is 10.6 Å². The molecule has 2 aromatic rings. The van der Waals surface area contributed by atoms with Gasteiger partial charge in [-0.1, -0.05) is 0 Å². The van der Waals surface area contributed by atoms with E-state index in [-0.39, 0.29) is 24.7 Å². The van der Waals surface area contributed by atoms with Crippen molar-refractivity contribution in [3.8, 4) is 5.75 Å². The third-order valence-corrected chi connectivity index (χ3v) is 4.02. The maximum absolute atomic E-state index is 12.2. The second-order valence-corrected chi connectivity index (χ2v) is 5.66. The number of benzene rings is 1. The van der Waals surface area contributed by atoms with Gasteiger partial charge < -0.3 is 19.8 Å². The predicted octanol–water partition coefficient (Wildman–Crippen LogP) is 2.19. The van der Waals surface area contributed by atoms with E-state index in [9.17, 15) is 9.59 Å². The van der Waals surface area contributed by atoms with E-state index >= 15 is 0 Å². The van der Waals surface area contributed by atoms with Gasteiger partial charge in [0.25, 0.3) is 0 Å². The van der Waals surface area contributed by atoms with Crippen LogP contribution >= 0.6 is 12.4 Å². The van der Waals surface area contributed by atoms with Gasteiger partial charge in [-0.25, -0.2) is 4.79 Å². The molecule has 25 heavy (non-hydrogen) atoms. The van der Waals surface area contributed by atoms with Gasteiger partial charge in [-0.2, -0.15) is 0 Å². The van der Waals surface area contributed by atoms with Crippen LogP contribution in [0.1, 0.15) is 24.0 Å². The van der Waals surface area contributed by atoms with Crippen molar-refractivity contribution in [2.24, 2.45) is 0 Å². The van der Waals surface area contributed by atoms with Crippen LogP contribution in [0.15, 0.2) is 27.4 Å². The third kappa shape index (κ3) is 5.47. The minimum atomic E-state index is -0.392. The zero-order chi connectivity index (χ0) is 17.5. The number of carbonyl (C=O) groups excluding carboxylic acids is 1. The van der Waals surface area contributed by atoms with Crippen LogP contribution in [-0.4, -0.2) is 33.2 Å². The lowest BCUT2D eigenvalue weighted by Gasteiger charge is -2.09. The van der Waals surface area contributed by atoms with Crippen LogP contribution in [-0.2, 0) is 11.2 Å². The molecule has 138 valence electrons. The first kappa shape index (κ1) is 21.0. The van der Waals surface area contributed by atoms with Crippen molar-refractivity contribution < 1.29 is 13.9 Å². The average molecular weight is 369 g/mol. The molecule has 0 aliphatic rings. The molecule has 7 heteroatoms. The Balaban J connectivity index is 0.00000312. The lowest BCUT2D eigenvalue weighted by Crippen LogP contribution is -2.27. The standard InChI is InChI=1S/C18H24N2O4.ClH/c1-12-14-6-5-13(23-3)11-16(14)24-18(22)15(12)7-8-17(21)20-10-4-9-19-2;/h5-6,11,19H,4,7-10H2,1-3H3,(H,20,21);1H. The number of nitrogens with one attached hydrogen (secondary N) is 2. The zero-order valence-corrected chi connectivity index (χ0v) is 15.6. The van der Waals surface area contributed by atoms with Crippen LogP contribution in [0, 0.1) is 6.92 Å². The van der Waals surface area contributed by atoms with Crippen molar-refractivity contribution >= 4 is 29.3 Å². The Morgan fingerprint density at radius 2 is 2.04 bits per heavy atom. The van der Waals surface area contributed by atoms with Crippen molar-refractivity contribution in [3.05, 3.63) is 39.7 Å². The summed E-state index contributed by atoms with van der Waals surface area (Å²) in [6.07, 6.45) is 1.52. The molecule has 0 saturated carbocycles. The van der Waals surface area contributed by atoms with Gasteiger partial charge in [0, 0.05) is 30.0 Å². The summed E-state index contributed by atoms with van der Waals surface area (Å²) in [7, 11) is 3.44. The van der Waals surface area contributed by atoms with Gasteiger partial charge in [-0.15, -0.1) is 12.4 Å². The Morgan fingerprint density at radius 1 is 1.28 bits per heavy atom. The minimum absolute atomic E-state index is 0. The fraction of sp³-hybridized carbons (Fsp3) is 0.444. The summed E-state index contributed by atoms with van der Waals surface area (Å²) in [5, 5.41) is 6.74. The highest BCUT2D eigenvalue weighted by Gasteiger charge is 2.13. The number of rotatable bonds is 8. The predicted molar refractivity (Wildman–Crippen MR) is 101 cm³/mol. The van der Waals surface area contributed by atoms with Crippen LogP contribution in [0.5, 0.6) is 5.75 Å². The SMILES string of the molecule is CNCCCNC(=O)CCc1c(C)c2ccc(OC)cc2oc1=O.Cl. The van der Waals surface area contributed by atoms with Crippen LogP contribution in [0.3, 0.4) is 0 Å². The van der Waals surface area contributed by atoms with Gasteiger partial charge in [0.05, 0.1) is 7.11 Å². The summed E-state index contributed by atoms with van der Waals surface area (Å²) >= 11 is 0. The van der Waals surface area contributed by atoms with Crippen molar-refractivity contribution in [3.63, 3.8) is 0 Å². The highest BCUT2D eigenvalue weighted by atomic mass is 35.5. The van der Waals surface area contributed by atoms with E-state index in [4.69, 9.17) is 9.15 Å².